The van der Waals surface area contributed by atoms with Crippen LogP contribution in [0.4, 0.5) is 4.79 Å². The van der Waals surface area contributed by atoms with Gasteiger partial charge in [-0.3, -0.25) is 14.4 Å². The van der Waals surface area contributed by atoms with E-state index in [-0.39, 0.29) is 57.2 Å². The summed E-state index contributed by atoms with van der Waals surface area (Å²) >= 11 is 0. The second kappa shape index (κ2) is 14.3. The number of hydrogen-bond donors (Lipinski definition) is 2. The van der Waals surface area contributed by atoms with Crippen molar-refractivity contribution in [3.8, 4) is 0 Å². The number of nitrogens with zero attached hydrogens (tertiary/aromatic N) is 3. The number of carboxylic acid groups (broad SMARTS) is 1. The van der Waals surface area contributed by atoms with Crippen molar-refractivity contribution >= 4 is 33.9 Å². The average Bonchev–Trinajstić information content (AvgIpc) is 2.84. The molecule has 2 rings (SSSR count). The van der Waals surface area contributed by atoms with Crippen LogP contribution in [0.3, 0.4) is 0 Å². The fourth-order valence-corrected chi connectivity index (χ4v) is 5.46. The van der Waals surface area contributed by atoms with Crippen molar-refractivity contribution in [2.75, 3.05) is 39.3 Å². The van der Waals surface area contributed by atoms with Crippen LogP contribution in [-0.4, -0.2) is 103 Å². The molecule has 2 N–H and O–H groups in total. The molecule has 1 aromatic rings. The molecular weight excluding hydrogens is 528 g/mol. The largest absolute Gasteiger partial charge is 0.480 e. The third kappa shape index (κ3) is 11.2. The molecule has 1 fully saturated rings. The van der Waals surface area contributed by atoms with Crippen molar-refractivity contribution in [1.82, 2.24) is 19.4 Å². The molecule has 12 nitrogen and oxygen atoms in total. The third-order valence-corrected chi connectivity index (χ3v) is 7.24. The van der Waals surface area contributed by atoms with Crippen LogP contribution in [0.2, 0.25) is 0 Å². The minimum Gasteiger partial charge on any atom is -0.480 e. The maximum atomic E-state index is 13.3. The van der Waals surface area contributed by atoms with Gasteiger partial charge in [-0.1, -0.05) is 37.3 Å². The van der Waals surface area contributed by atoms with Crippen LogP contribution < -0.4 is 4.72 Å². The van der Waals surface area contributed by atoms with Gasteiger partial charge in [-0.15, -0.1) is 0 Å². The Hall–Kier alpha value is -3.19. The summed E-state index contributed by atoms with van der Waals surface area (Å²) in [6.45, 7) is 7.77. The monoisotopic (exact) mass is 568 g/mol. The summed E-state index contributed by atoms with van der Waals surface area (Å²) in [5.74, 6) is -2.58. The number of nitrogens with one attached hydrogen (secondary N) is 1. The van der Waals surface area contributed by atoms with Gasteiger partial charge < -0.3 is 24.5 Å². The fraction of sp³-hybridized carbons (Fsp3) is 0.615. The first-order chi connectivity index (χ1) is 18.2. The van der Waals surface area contributed by atoms with Crippen molar-refractivity contribution < 1.29 is 37.4 Å². The van der Waals surface area contributed by atoms with E-state index in [9.17, 15) is 32.7 Å². The molecule has 0 spiro atoms. The van der Waals surface area contributed by atoms with Crippen molar-refractivity contribution in [1.29, 1.82) is 0 Å². The van der Waals surface area contributed by atoms with E-state index in [1.807, 2.05) is 0 Å². The first kappa shape index (κ1) is 32.0. The summed E-state index contributed by atoms with van der Waals surface area (Å²) in [5.41, 5.74) is -0.114. The number of amides is 3. The van der Waals surface area contributed by atoms with Crippen LogP contribution in [0, 0.1) is 0 Å². The Morgan fingerprint density at radius 1 is 1.05 bits per heavy atom. The van der Waals surface area contributed by atoms with E-state index in [0.717, 1.165) is 4.90 Å². The van der Waals surface area contributed by atoms with E-state index in [1.165, 1.54) is 4.90 Å². The van der Waals surface area contributed by atoms with Gasteiger partial charge >= 0.3 is 12.1 Å². The lowest BCUT2D eigenvalue weighted by Crippen LogP contribution is -2.52. The second-order valence-corrected chi connectivity index (χ2v) is 12.2. The number of piperazine rings is 1. The lowest BCUT2D eigenvalue weighted by Gasteiger charge is -2.36. The molecule has 1 unspecified atom stereocenters. The number of rotatable bonds is 12. The Kier molecular flexibility index (Phi) is 11.7. The van der Waals surface area contributed by atoms with Gasteiger partial charge in [0.05, 0.1) is 5.75 Å². The van der Waals surface area contributed by atoms with Crippen LogP contribution in [0.5, 0.6) is 0 Å². The molecular formula is C26H40N4O8S. The number of aliphatic carboxylic acids is 1. The second-order valence-electron chi connectivity index (χ2n) is 10.5. The van der Waals surface area contributed by atoms with E-state index in [2.05, 4.69) is 4.72 Å². The summed E-state index contributed by atoms with van der Waals surface area (Å²) in [6, 6.07) is 7.13. The van der Waals surface area contributed by atoms with E-state index in [1.54, 1.807) is 62.9 Å². The van der Waals surface area contributed by atoms with Gasteiger partial charge in [0.15, 0.2) is 0 Å². The minimum absolute atomic E-state index is 0.128. The standard InChI is InChI=1S/C26H40N4O8S/c1-5-13-30(18-23(32)33)24(34)21(27-39(36,37)19-20-9-7-6-8-10-20)11-12-22(31)28-14-16-29(17-15-28)25(35)38-26(2,3)4/h6-10,21,27H,5,11-19H2,1-4H3,(H,32,33). The quantitative estimate of drug-likeness (QED) is 0.386. The molecule has 0 aliphatic carbocycles. The minimum atomic E-state index is -3.99. The third-order valence-electron chi connectivity index (χ3n) is 5.88. The zero-order chi connectivity index (χ0) is 29.2. The lowest BCUT2D eigenvalue weighted by atomic mass is 10.1. The van der Waals surface area contributed by atoms with Gasteiger partial charge in [-0.2, -0.15) is 0 Å². The van der Waals surface area contributed by atoms with Gasteiger partial charge in [0.25, 0.3) is 0 Å². The highest BCUT2D eigenvalue weighted by atomic mass is 32.2. The number of sulfonamides is 1. The number of benzene rings is 1. The predicted octanol–water partition coefficient (Wildman–Crippen LogP) is 1.66. The molecule has 0 saturated carbocycles. The summed E-state index contributed by atoms with van der Waals surface area (Å²) in [5, 5.41) is 9.25. The van der Waals surface area contributed by atoms with Crippen LogP contribution in [0.1, 0.15) is 52.5 Å². The molecule has 1 aliphatic heterocycles. The number of ether oxygens (including phenoxy) is 1. The molecule has 1 aliphatic rings. The molecule has 218 valence electrons. The molecule has 39 heavy (non-hydrogen) atoms. The number of carbonyl (C=O) groups excluding carboxylic acids is 3. The SMILES string of the molecule is CCCN(CC(=O)O)C(=O)C(CCC(=O)N1CCN(C(=O)OC(C)(C)C)CC1)NS(=O)(=O)Cc1ccccc1. The van der Waals surface area contributed by atoms with Crippen LogP contribution in [0.25, 0.3) is 0 Å². The highest BCUT2D eigenvalue weighted by Crippen LogP contribution is 2.14. The fourth-order valence-electron chi connectivity index (χ4n) is 4.10. The maximum absolute atomic E-state index is 13.3. The lowest BCUT2D eigenvalue weighted by molar-refractivity contribution is -0.145. The Morgan fingerprint density at radius 2 is 1.64 bits per heavy atom. The Balaban J connectivity index is 2.08. The van der Waals surface area contributed by atoms with Gasteiger partial charge in [0, 0.05) is 39.1 Å². The summed E-state index contributed by atoms with van der Waals surface area (Å²) < 4.78 is 33.6. The van der Waals surface area contributed by atoms with Gasteiger partial charge in [-0.05, 0) is 39.2 Å². The average molecular weight is 569 g/mol. The molecule has 0 aromatic heterocycles. The Labute approximate surface area is 230 Å². The van der Waals surface area contributed by atoms with Crippen molar-refractivity contribution in [2.45, 2.75) is 64.4 Å². The number of hydrogen-bond acceptors (Lipinski definition) is 7. The van der Waals surface area contributed by atoms with Crippen LogP contribution in [0.15, 0.2) is 30.3 Å². The molecule has 3 amide bonds. The highest BCUT2D eigenvalue weighted by Gasteiger charge is 2.32. The zero-order valence-corrected chi connectivity index (χ0v) is 23.9. The molecule has 1 heterocycles. The van der Waals surface area contributed by atoms with Gasteiger partial charge in [-0.25, -0.2) is 17.9 Å². The van der Waals surface area contributed by atoms with Crippen molar-refractivity contribution in [3.05, 3.63) is 35.9 Å². The number of carbonyl (C=O) groups is 4. The first-order valence-electron chi connectivity index (χ1n) is 13.0. The van der Waals surface area contributed by atoms with E-state index in [0.29, 0.717) is 12.0 Å². The van der Waals surface area contributed by atoms with Crippen LogP contribution >= 0.6 is 0 Å². The molecule has 0 bridgehead atoms. The molecule has 13 heteroatoms. The first-order valence-corrected chi connectivity index (χ1v) is 14.7. The van der Waals surface area contributed by atoms with Crippen molar-refractivity contribution in [2.24, 2.45) is 0 Å². The summed E-state index contributed by atoms with van der Waals surface area (Å²) in [7, 11) is -3.99. The molecule has 1 atom stereocenters. The molecule has 1 aromatic carbocycles. The topological polar surface area (TPSA) is 154 Å². The predicted molar refractivity (Wildman–Crippen MR) is 144 cm³/mol. The molecule has 0 radical (unpaired) electrons. The highest BCUT2D eigenvalue weighted by molar-refractivity contribution is 7.88. The van der Waals surface area contributed by atoms with E-state index >= 15 is 0 Å². The Morgan fingerprint density at radius 3 is 2.18 bits per heavy atom. The van der Waals surface area contributed by atoms with E-state index < -0.39 is 46.2 Å². The normalized spacial score (nSPS) is 15.0. The van der Waals surface area contributed by atoms with E-state index in [4.69, 9.17) is 4.74 Å². The summed E-state index contributed by atoms with van der Waals surface area (Å²) in [4.78, 5) is 54.0. The van der Waals surface area contributed by atoms with Gasteiger partial charge in [0.1, 0.15) is 18.2 Å². The molecule has 1 saturated heterocycles. The zero-order valence-electron chi connectivity index (χ0n) is 23.1. The number of carboxylic acids is 1. The Bertz CT molecular complexity index is 1100. The smallest absolute Gasteiger partial charge is 0.410 e. The maximum Gasteiger partial charge on any atom is 0.410 e. The summed E-state index contributed by atoms with van der Waals surface area (Å²) in [6.07, 6.45) is -0.257. The van der Waals surface area contributed by atoms with Crippen molar-refractivity contribution in [3.63, 3.8) is 0 Å². The van der Waals surface area contributed by atoms with Crippen LogP contribution in [-0.2, 0) is 34.9 Å². The van der Waals surface area contributed by atoms with Gasteiger partial charge in [0.2, 0.25) is 21.8 Å².